The molecule has 1 saturated carbocycles. The zero-order valence-electron chi connectivity index (χ0n) is 9.64. The Labute approximate surface area is 83.3 Å². The Morgan fingerprint density at radius 2 is 2.00 bits per heavy atom. The third kappa shape index (κ3) is 2.98. The largest absolute Gasteiger partial charge is 0.314 e. The van der Waals surface area contributed by atoms with E-state index < -0.39 is 0 Å². The SMILES string of the molecule is CCCNC1CC1[C@H](C)C(C)CC. The molecular weight excluding hydrogens is 158 g/mol. The van der Waals surface area contributed by atoms with Crippen LogP contribution in [-0.2, 0) is 0 Å². The van der Waals surface area contributed by atoms with E-state index in [4.69, 9.17) is 0 Å². The van der Waals surface area contributed by atoms with Crippen LogP contribution in [-0.4, -0.2) is 12.6 Å². The van der Waals surface area contributed by atoms with Crippen molar-refractivity contribution in [2.24, 2.45) is 17.8 Å². The van der Waals surface area contributed by atoms with Gasteiger partial charge in [0.15, 0.2) is 0 Å². The summed E-state index contributed by atoms with van der Waals surface area (Å²) in [6.45, 7) is 10.6. The summed E-state index contributed by atoms with van der Waals surface area (Å²) in [6.07, 6.45) is 4.02. The van der Waals surface area contributed by atoms with Crippen molar-refractivity contribution >= 4 is 0 Å². The molecule has 13 heavy (non-hydrogen) atoms. The summed E-state index contributed by atoms with van der Waals surface area (Å²) in [5.41, 5.74) is 0. The van der Waals surface area contributed by atoms with Crippen molar-refractivity contribution in [3.05, 3.63) is 0 Å². The van der Waals surface area contributed by atoms with Crippen LogP contribution in [0.15, 0.2) is 0 Å². The van der Waals surface area contributed by atoms with Gasteiger partial charge in [-0.05, 0) is 37.1 Å². The summed E-state index contributed by atoms with van der Waals surface area (Å²) in [5, 5.41) is 3.62. The molecule has 0 aromatic rings. The molecule has 1 nitrogen and oxygen atoms in total. The monoisotopic (exact) mass is 183 g/mol. The molecule has 78 valence electrons. The molecule has 0 aliphatic heterocycles. The van der Waals surface area contributed by atoms with Crippen LogP contribution in [0.3, 0.4) is 0 Å². The molecule has 0 radical (unpaired) electrons. The van der Waals surface area contributed by atoms with Gasteiger partial charge in [-0.3, -0.25) is 0 Å². The summed E-state index contributed by atoms with van der Waals surface area (Å²) in [5.74, 6) is 2.79. The molecule has 0 spiro atoms. The van der Waals surface area contributed by atoms with Crippen LogP contribution < -0.4 is 5.32 Å². The Hall–Kier alpha value is -0.0400. The van der Waals surface area contributed by atoms with Gasteiger partial charge in [0.25, 0.3) is 0 Å². The molecule has 0 amide bonds. The first-order valence-electron chi connectivity index (χ1n) is 5.94. The van der Waals surface area contributed by atoms with Crippen molar-refractivity contribution in [2.75, 3.05) is 6.54 Å². The van der Waals surface area contributed by atoms with Crippen LogP contribution in [0.1, 0.15) is 47.0 Å². The first kappa shape index (κ1) is 11.0. The highest BCUT2D eigenvalue weighted by atomic mass is 15.0. The van der Waals surface area contributed by atoms with E-state index >= 15 is 0 Å². The third-order valence-electron chi connectivity index (χ3n) is 3.71. The summed E-state index contributed by atoms with van der Waals surface area (Å²) >= 11 is 0. The lowest BCUT2D eigenvalue weighted by Gasteiger charge is -2.18. The van der Waals surface area contributed by atoms with Crippen molar-refractivity contribution in [2.45, 2.75) is 53.0 Å². The quantitative estimate of drug-likeness (QED) is 0.667. The maximum atomic E-state index is 3.62. The fourth-order valence-electron chi connectivity index (χ4n) is 2.15. The molecule has 1 aliphatic carbocycles. The molecule has 3 unspecified atom stereocenters. The second kappa shape index (κ2) is 4.99. The average molecular weight is 183 g/mol. The standard InChI is InChI=1S/C12H25N/c1-5-7-13-12-8-11(12)10(4)9(3)6-2/h9-13H,5-8H2,1-4H3/t9?,10-,11?,12?/m1/s1. The lowest BCUT2D eigenvalue weighted by Crippen LogP contribution is -2.22. The fraction of sp³-hybridized carbons (Fsp3) is 1.00. The highest BCUT2D eigenvalue weighted by Crippen LogP contribution is 2.41. The number of rotatable bonds is 6. The summed E-state index contributed by atoms with van der Waals surface area (Å²) in [4.78, 5) is 0. The van der Waals surface area contributed by atoms with E-state index in [9.17, 15) is 0 Å². The minimum Gasteiger partial charge on any atom is -0.314 e. The summed E-state index contributed by atoms with van der Waals surface area (Å²) in [7, 11) is 0. The second-order valence-corrected chi connectivity index (χ2v) is 4.70. The van der Waals surface area contributed by atoms with Crippen molar-refractivity contribution in [3.8, 4) is 0 Å². The maximum absolute atomic E-state index is 3.62. The number of hydrogen-bond donors (Lipinski definition) is 1. The van der Waals surface area contributed by atoms with E-state index in [1.807, 2.05) is 0 Å². The van der Waals surface area contributed by atoms with Crippen molar-refractivity contribution < 1.29 is 0 Å². The van der Waals surface area contributed by atoms with Crippen LogP contribution >= 0.6 is 0 Å². The van der Waals surface area contributed by atoms with Crippen molar-refractivity contribution in [1.82, 2.24) is 5.32 Å². The topological polar surface area (TPSA) is 12.0 Å². The molecule has 0 bridgehead atoms. The Morgan fingerprint density at radius 1 is 1.31 bits per heavy atom. The zero-order chi connectivity index (χ0) is 9.84. The minimum absolute atomic E-state index is 0.851. The Morgan fingerprint density at radius 3 is 2.54 bits per heavy atom. The van der Waals surface area contributed by atoms with Crippen molar-refractivity contribution in [1.29, 1.82) is 0 Å². The molecule has 0 aromatic carbocycles. The lowest BCUT2D eigenvalue weighted by atomic mass is 9.89. The Balaban J connectivity index is 2.17. The first-order valence-corrected chi connectivity index (χ1v) is 5.94. The highest BCUT2D eigenvalue weighted by molar-refractivity contribution is 4.96. The summed E-state index contributed by atoms with van der Waals surface area (Å²) in [6, 6.07) is 0.851. The third-order valence-corrected chi connectivity index (χ3v) is 3.71. The molecule has 1 aliphatic rings. The van der Waals surface area contributed by atoms with Crippen LogP contribution in [0.25, 0.3) is 0 Å². The molecular formula is C12H25N. The van der Waals surface area contributed by atoms with Crippen LogP contribution in [0.4, 0.5) is 0 Å². The van der Waals surface area contributed by atoms with Crippen LogP contribution in [0, 0.1) is 17.8 Å². The van der Waals surface area contributed by atoms with E-state index in [1.54, 1.807) is 0 Å². The van der Waals surface area contributed by atoms with Gasteiger partial charge in [-0.15, -0.1) is 0 Å². The van der Waals surface area contributed by atoms with E-state index in [-0.39, 0.29) is 0 Å². The van der Waals surface area contributed by atoms with Gasteiger partial charge in [0.2, 0.25) is 0 Å². The van der Waals surface area contributed by atoms with Crippen molar-refractivity contribution in [3.63, 3.8) is 0 Å². The van der Waals surface area contributed by atoms with E-state index in [0.717, 1.165) is 23.8 Å². The van der Waals surface area contributed by atoms with E-state index in [1.165, 1.54) is 25.8 Å². The Bertz CT molecular complexity index is 144. The molecule has 1 N–H and O–H groups in total. The minimum atomic E-state index is 0.851. The predicted octanol–water partition coefficient (Wildman–Crippen LogP) is 3.06. The van der Waals surface area contributed by atoms with Gasteiger partial charge in [-0.25, -0.2) is 0 Å². The first-order chi connectivity index (χ1) is 6.20. The van der Waals surface area contributed by atoms with Crippen LogP contribution in [0.5, 0.6) is 0 Å². The Kier molecular flexibility index (Phi) is 4.24. The molecule has 1 fully saturated rings. The van der Waals surface area contributed by atoms with Gasteiger partial charge in [-0.2, -0.15) is 0 Å². The second-order valence-electron chi connectivity index (χ2n) is 4.70. The molecule has 0 aromatic heterocycles. The maximum Gasteiger partial charge on any atom is 0.0102 e. The van der Waals surface area contributed by atoms with E-state index in [0.29, 0.717) is 0 Å². The van der Waals surface area contributed by atoms with Gasteiger partial charge in [0.1, 0.15) is 0 Å². The zero-order valence-corrected chi connectivity index (χ0v) is 9.64. The fourth-order valence-corrected chi connectivity index (χ4v) is 2.15. The van der Waals surface area contributed by atoms with Gasteiger partial charge in [0.05, 0.1) is 0 Å². The number of hydrogen-bond acceptors (Lipinski definition) is 1. The van der Waals surface area contributed by atoms with Gasteiger partial charge < -0.3 is 5.32 Å². The normalized spacial score (nSPS) is 31.4. The predicted molar refractivity (Wildman–Crippen MR) is 58.8 cm³/mol. The van der Waals surface area contributed by atoms with Gasteiger partial charge in [0, 0.05) is 6.04 Å². The average Bonchev–Trinajstić information content (AvgIpc) is 2.91. The molecule has 1 heteroatoms. The molecule has 4 atom stereocenters. The highest BCUT2D eigenvalue weighted by Gasteiger charge is 2.41. The van der Waals surface area contributed by atoms with E-state index in [2.05, 4.69) is 33.0 Å². The lowest BCUT2D eigenvalue weighted by molar-refractivity contribution is 0.326. The van der Waals surface area contributed by atoms with Crippen LogP contribution in [0.2, 0.25) is 0 Å². The molecule has 1 rings (SSSR count). The van der Waals surface area contributed by atoms with Gasteiger partial charge >= 0.3 is 0 Å². The van der Waals surface area contributed by atoms with Gasteiger partial charge in [-0.1, -0.05) is 34.1 Å². The summed E-state index contributed by atoms with van der Waals surface area (Å²) < 4.78 is 0. The number of nitrogens with one attached hydrogen (secondary N) is 1. The smallest absolute Gasteiger partial charge is 0.0102 e. The molecule has 0 saturated heterocycles. The molecule has 0 heterocycles.